The summed E-state index contributed by atoms with van der Waals surface area (Å²) >= 11 is 0. The van der Waals surface area contributed by atoms with Gasteiger partial charge in [0.1, 0.15) is 0 Å². The van der Waals surface area contributed by atoms with Crippen molar-refractivity contribution in [1.82, 2.24) is 5.06 Å². The fourth-order valence-corrected chi connectivity index (χ4v) is 2.49. The van der Waals surface area contributed by atoms with E-state index in [9.17, 15) is 4.79 Å². The first-order chi connectivity index (χ1) is 9.49. The molecule has 1 aliphatic rings. The first kappa shape index (κ1) is 12.9. The van der Waals surface area contributed by atoms with Gasteiger partial charge in [0.15, 0.2) is 0 Å². The monoisotopic (exact) mass is 270 g/mol. The van der Waals surface area contributed by atoms with E-state index in [0.29, 0.717) is 13.2 Å². The van der Waals surface area contributed by atoms with Gasteiger partial charge in [0.25, 0.3) is 5.91 Å². The summed E-state index contributed by atoms with van der Waals surface area (Å²) < 4.78 is 0. The van der Waals surface area contributed by atoms with Gasteiger partial charge in [0, 0.05) is 11.1 Å². The lowest BCUT2D eigenvalue weighted by Gasteiger charge is -2.18. The second-order valence-electron chi connectivity index (χ2n) is 5.86. The van der Waals surface area contributed by atoms with Crippen molar-refractivity contribution in [2.24, 2.45) is 5.41 Å². The van der Waals surface area contributed by atoms with E-state index < -0.39 is 5.41 Å². The van der Waals surface area contributed by atoms with Crippen LogP contribution < -0.4 is 5.73 Å². The topological polar surface area (TPSA) is 55.6 Å². The third-order valence-corrected chi connectivity index (χ3v) is 3.75. The highest BCUT2D eigenvalue weighted by atomic mass is 16.7. The summed E-state index contributed by atoms with van der Waals surface area (Å²) in [5.41, 5.74) is 7.34. The van der Waals surface area contributed by atoms with E-state index in [4.69, 9.17) is 10.6 Å². The van der Waals surface area contributed by atoms with Crippen LogP contribution in [0.2, 0.25) is 0 Å². The number of hydroxylamine groups is 2. The van der Waals surface area contributed by atoms with Crippen molar-refractivity contribution >= 4 is 22.4 Å². The van der Waals surface area contributed by atoms with Gasteiger partial charge >= 0.3 is 0 Å². The second-order valence-corrected chi connectivity index (χ2v) is 5.86. The summed E-state index contributed by atoms with van der Waals surface area (Å²) in [6.07, 6.45) is 0. The zero-order chi connectivity index (χ0) is 14.3. The number of hydrogen-bond acceptors (Lipinski definition) is 3. The highest BCUT2D eigenvalue weighted by Gasteiger charge is 2.40. The molecule has 104 valence electrons. The van der Waals surface area contributed by atoms with Gasteiger partial charge in [-0.05, 0) is 30.9 Å². The molecule has 3 rings (SSSR count). The molecular formula is C16H18N2O2. The normalized spacial score (nSPS) is 17.9. The van der Waals surface area contributed by atoms with Crippen LogP contribution in [0.3, 0.4) is 0 Å². The number of anilines is 1. The lowest BCUT2D eigenvalue weighted by atomic mass is 9.94. The van der Waals surface area contributed by atoms with E-state index in [1.165, 1.54) is 5.06 Å². The number of benzene rings is 2. The molecule has 1 fully saturated rings. The van der Waals surface area contributed by atoms with Gasteiger partial charge < -0.3 is 5.73 Å². The van der Waals surface area contributed by atoms with E-state index in [1.807, 2.05) is 50.2 Å². The average Bonchev–Trinajstić information content (AvgIpc) is 2.69. The molecule has 0 radical (unpaired) electrons. The predicted octanol–water partition coefficient (Wildman–Crippen LogP) is 2.72. The molecule has 0 saturated carbocycles. The van der Waals surface area contributed by atoms with Crippen LogP contribution in [0.15, 0.2) is 36.4 Å². The number of hydrogen-bond donors (Lipinski definition) is 1. The van der Waals surface area contributed by atoms with Gasteiger partial charge in [-0.1, -0.05) is 30.3 Å². The minimum Gasteiger partial charge on any atom is -0.398 e. The summed E-state index contributed by atoms with van der Waals surface area (Å²) in [6.45, 7) is 4.68. The molecule has 1 heterocycles. The van der Waals surface area contributed by atoms with Crippen LogP contribution in [0.4, 0.5) is 5.69 Å². The Balaban J connectivity index is 1.97. The standard InChI is InChI=1S/C16H18N2O2/c1-16(2)10-20-18(15(16)19)9-11-7-8-14(17)13-6-4-3-5-12(11)13/h3-8H,9-10,17H2,1-2H3. The molecule has 0 spiro atoms. The Morgan fingerprint density at radius 2 is 1.90 bits per heavy atom. The number of carbonyl (C=O) groups excluding carboxylic acids is 1. The minimum absolute atomic E-state index is 0.0263. The first-order valence-electron chi connectivity index (χ1n) is 6.70. The van der Waals surface area contributed by atoms with E-state index >= 15 is 0 Å². The highest BCUT2D eigenvalue weighted by Crippen LogP contribution is 2.30. The Bertz CT molecular complexity index is 679. The Morgan fingerprint density at radius 1 is 1.20 bits per heavy atom. The van der Waals surface area contributed by atoms with E-state index in [0.717, 1.165) is 22.0 Å². The largest absolute Gasteiger partial charge is 0.398 e. The number of rotatable bonds is 2. The molecule has 1 saturated heterocycles. The fraction of sp³-hybridized carbons (Fsp3) is 0.312. The van der Waals surface area contributed by atoms with Gasteiger partial charge in [-0.3, -0.25) is 9.63 Å². The molecule has 4 heteroatoms. The summed E-state index contributed by atoms with van der Waals surface area (Å²) in [7, 11) is 0. The van der Waals surface area contributed by atoms with Crippen molar-refractivity contribution in [3.63, 3.8) is 0 Å². The van der Waals surface area contributed by atoms with Gasteiger partial charge in [-0.15, -0.1) is 0 Å². The molecule has 0 aromatic heterocycles. The molecule has 20 heavy (non-hydrogen) atoms. The van der Waals surface area contributed by atoms with Gasteiger partial charge in [0.05, 0.1) is 18.6 Å². The molecule has 2 aromatic carbocycles. The number of nitrogen functional groups attached to an aromatic ring is 1. The Hall–Kier alpha value is -2.07. The van der Waals surface area contributed by atoms with Crippen LogP contribution in [0, 0.1) is 5.41 Å². The highest BCUT2D eigenvalue weighted by molar-refractivity contribution is 5.95. The van der Waals surface area contributed by atoms with Crippen molar-refractivity contribution in [2.75, 3.05) is 12.3 Å². The number of amides is 1. The van der Waals surface area contributed by atoms with Crippen molar-refractivity contribution < 1.29 is 9.63 Å². The smallest absolute Gasteiger partial charge is 0.254 e. The first-order valence-corrected chi connectivity index (χ1v) is 6.70. The molecule has 4 nitrogen and oxygen atoms in total. The molecule has 2 N–H and O–H groups in total. The Labute approximate surface area is 118 Å². The number of nitrogens with two attached hydrogens (primary N) is 1. The number of nitrogens with zero attached hydrogens (tertiary/aromatic N) is 1. The number of carbonyl (C=O) groups is 1. The Morgan fingerprint density at radius 3 is 2.55 bits per heavy atom. The summed E-state index contributed by atoms with van der Waals surface area (Å²) in [5.74, 6) is 0.0263. The van der Waals surface area contributed by atoms with Crippen molar-refractivity contribution in [3.05, 3.63) is 42.0 Å². The molecule has 0 unspecified atom stereocenters. The lowest BCUT2D eigenvalue weighted by Crippen LogP contribution is -2.30. The second kappa shape index (κ2) is 4.49. The zero-order valence-corrected chi connectivity index (χ0v) is 11.7. The van der Waals surface area contributed by atoms with Crippen LogP contribution >= 0.6 is 0 Å². The molecule has 1 aliphatic heterocycles. The fourth-order valence-electron chi connectivity index (χ4n) is 2.49. The molecule has 1 amide bonds. The number of fused-ring (bicyclic) bond motifs is 1. The van der Waals surface area contributed by atoms with Crippen LogP contribution in [0.25, 0.3) is 10.8 Å². The van der Waals surface area contributed by atoms with Crippen LogP contribution in [0.1, 0.15) is 19.4 Å². The maximum atomic E-state index is 12.2. The summed E-state index contributed by atoms with van der Waals surface area (Å²) in [4.78, 5) is 17.7. The van der Waals surface area contributed by atoms with Gasteiger partial charge in [0.2, 0.25) is 0 Å². The zero-order valence-electron chi connectivity index (χ0n) is 11.7. The summed E-state index contributed by atoms with van der Waals surface area (Å²) in [5, 5.41) is 3.53. The quantitative estimate of drug-likeness (QED) is 0.854. The average molecular weight is 270 g/mol. The van der Waals surface area contributed by atoms with E-state index in [2.05, 4.69) is 0 Å². The predicted molar refractivity (Wildman–Crippen MR) is 78.6 cm³/mol. The van der Waals surface area contributed by atoms with Crippen molar-refractivity contribution in [1.29, 1.82) is 0 Å². The van der Waals surface area contributed by atoms with E-state index in [1.54, 1.807) is 0 Å². The van der Waals surface area contributed by atoms with Crippen LogP contribution in [-0.2, 0) is 16.2 Å². The van der Waals surface area contributed by atoms with Crippen molar-refractivity contribution in [3.8, 4) is 0 Å². The maximum Gasteiger partial charge on any atom is 0.254 e. The van der Waals surface area contributed by atoms with Crippen molar-refractivity contribution in [2.45, 2.75) is 20.4 Å². The molecule has 0 bridgehead atoms. The van der Waals surface area contributed by atoms with Gasteiger partial charge in [-0.25, -0.2) is 5.06 Å². The third kappa shape index (κ3) is 2.02. The maximum absolute atomic E-state index is 12.2. The minimum atomic E-state index is -0.441. The molecule has 0 atom stereocenters. The molecular weight excluding hydrogens is 252 g/mol. The SMILES string of the molecule is CC1(C)CON(Cc2ccc(N)c3ccccc23)C1=O. The van der Waals surface area contributed by atoms with E-state index in [-0.39, 0.29) is 5.91 Å². The molecule has 2 aromatic rings. The molecule has 0 aliphatic carbocycles. The van der Waals surface area contributed by atoms with Crippen LogP contribution in [-0.4, -0.2) is 17.6 Å². The third-order valence-electron chi connectivity index (χ3n) is 3.75. The van der Waals surface area contributed by atoms with Crippen LogP contribution in [0.5, 0.6) is 0 Å². The summed E-state index contributed by atoms with van der Waals surface area (Å²) in [6, 6.07) is 11.8. The van der Waals surface area contributed by atoms with Gasteiger partial charge in [-0.2, -0.15) is 0 Å². The lowest BCUT2D eigenvalue weighted by molar-refractivity contribution is -0.165. The Kier molecular flexibility index (Phi) is 2.91.